The summed E-state index contributed by atoms with van der Waals surface area (Å²) in [6, 6.07) is 0. The van der Waals surface area contributed by atoms with Gasteiger partial charge < -0.3 is 0 Å². The fourth-order valence-corrected chi connectivity index (χ4v) is 1.83. The molecule has 0 saturated heterocycles. The third-order valence-corrected chi connectivity index (χ3v) is 1.89. The molecule has 0 atom stereocenters. The lowest BCUT2D eigenvalue weighted by molar-refractivity contribution is -0.330. The van der Waals surface area contributed by atoms with Crippen LogP contribution >= 0.6 is 0 Å². The number of hydrogen-bond donors (Lipinski definition) is 0. The average Bonchev–Trinajstić information content (AvgIpc) is 1.95. The summed E-state index contributed by atoms with van der Waals surface area (Å²) < 4.78 is 0. The summed E-state index contributed by atoms with van der Waals surface area (Å²) in [6.45, 7) is 14.2. The molecule has 0 saturated carbocycles. The molecule has 0 heterocycles. The van der Waals surface area contributed by atoms with Gasteiger partial charge in [-0.1, -0.05) is 34.6 Å². The van der Waals surface area contributed by atoms with Crippen LogP contribution < -0.4 is 0 Å². The van der Waals surface area contributed by atoms with Crippen molar-refractivity contribution in [3.63, 3.8) is 0 Å². The van der Waals surface area contributed by atoms with E-state index in [0.29, 0.717) is 12.3 Å². The van der Waals surface area contributed by atoms with E-state index in [1.807, 2.05) is 27.7 Å². The molecule has 0 aliphatic rings. The molecule has 0 spiro atoms. The van der Waals surface area contributed by atoms with Crippen molar-refractivity contribution in [1.82, 2.24) is 0 Å². The van der Waals surface area contributed by atoms with Gasteiger partial charge in [0.25, 0.3) is 0 Å². The second-order valence-electron chi connectivity index (χ2n) is 6.63. The first-order valence-corrected chi connectivity index (χ1v) is 5.90. The minimum Gasteiger partial charge on any atom is -0.298 e. The molecule has 0 bridgehead atoms. The van der Waals surface area contributed by atoms with E-state index in [1.54, 1.807) is 0 Å². The molecular weight excluding hydrogens is 204 g/mol. The van der Waals surface area contributed by atoms with E-state index < -0.39 is 5.60 Å². The standard InChI is InChI=1S/C13H26O3/c1-10(2)8-11(14)15-16-13(6,7)9-12(3,4)5/h10H,8-9H2,1-7H3. The molecule has 0 amide bonds. The van der Waals surface area contributed by atoms with Crippen LogP contribution in [0.2, 0.25) is 0 Å². The van der Waals surface area contributed by atoms with Crippen LogP contribution in [0, 0.1) is 11.3 Å². The molecule has 0 N–H and O–H groups in total. The molecule has 0 aromatic carbocycles. The van der Waals surface area contributed by atoms with Gasteiger partial charge in [-0.3, -0.25) is 4.89 Å². The van der Waals surface area contributed by atoms with Crippen LogP contribution in [0.5, 0.6) is 0 Å². The van der Waals surface area contributed by atoms with Gasteiger partial charge in [0.05, 0.1) is 6.42 Å². The zero-order valence-corrected chi connectivity index (χ0v) is 11.7. The average molecular weight is 230 g/mol. The quantitative estimate of drug-likeness (QED) is 0.533. The summed E-state index contributed by atoms with van der Waals surface area (Å²) in [5, 5.41) is 0. The summed E-state index contributed by atoms with van der Waals surface area (Å²) in [7, 11) is 0. The maximum absolute atomic E-state index is 11.3. The van der Waals surface area contributed by atoms with Crippen LogP contribution in [-0.4, -0.2) is 11.6 Å². The highest BCUT2D eigenvalue weighted by molar-refractivity contribution is 5.68. The van der Waals surface area contributed by atoms with E-state index in [2.05, 4.69) is 20.8 Å². The van der Waals surface area contributed by atoms with Crippen molar-refractivity contribution in [1.29, 1.82) is 0 Å². The van der Waals surface area contributed by atoms with Crippen LogP contribution in [0.15, 0.2) is 0 Å². The minimum absolute atomic E-state index is 0.147. The fourth-order valence-electron chi connectivity index (χ4n) is 1.83. The molecule has 0 radical (unpaired) electrons. The monoisotopic (exact) mass is 230 g/mol. The lowest BCUT2D eigenvalue weighted by Crippen LogP contribution is -2.31. The smallest absolute Gasteiger partial charge is 0.298 e. The predicted molar refractivity (Wildman–Crippen MR) is 64.8 cm³/mol. The Morgan fingerprint density at radius 2 is 1.62 bits per heavy atom. The molecular formula is C13H26O3. The maximum atomic E-state index is 11.3. The molecule has 16 heavy (non-hydrogen) atoms. The van der Waals surface area contributed by atoms with E-state index in [9.17, 15) is 4.79 Å². The topological polar surface area (TPSA) is 35.5 Å². The van der Waals surface area contributed by atoms with Crippen molar-refractivity contribution >= 4 is 5.97 Å². The van der Waals surface area contributed by atoms with Crippen LogP contribution in [0.4, 0.5) is 0 Å². The number of carbonyl (C=O) groups is 1. The number of rotatable bonds is 5. The van der Waals surface area contributed by atoms with E-state index in [1.165, 1.54) is 0 Å². The maximum Gasteiger partial charge on any atom is 0.342 e. The molecule has 3 nitrogen and oxygen atoms in total. The summed E-state index contributed by atoms with van der Waals surface area (Å²) in [6.07, 6.45) is 1.22. The Bertz CT molecular complexity index is 224. The lowest BCUT2D eigenvalue weighted by atomic mass is 9.84. The van der Waals surface area contributed by atoms with Crippen LogP contribution in [0.1, 0.15) is 61.3 Å². The normalized spacial score (nSPS) is 13.0. The van der Waals surface area contributed by atoms with Gasteiger partial charge >= 0.3 is 5.97 Å². The molecule has 0 fully saturated rings. The Balaban J connectivity index is 4.04. The van der Waals surface area contributed by atoms with E-state index in [0.717, 1.165) is 6.42 Å². The van der Waals surface area contributed by atoms with Gasteiger partial charge in [0.15, 0.2) is 0 Å². The zero-order valence-electron chi connectivity index (χ0n) is 11.7. The summed E-state index contributed by atoms with van der Waals surface area (Å²) in [4.78, 5) is 21.4. The Morgan fingerprint density at radius 3 is 2.00 bits per heavy atom. The third kappa shape index (κ3) is 8.72. The summed E-state index contributed by atoms with van der Waals surface area (Å²) in [5.41, 5.74) is -0.293. The molecule has 0 aliphatic carbocycles. The van der Waals surface area contributed by atoms with E-state index >= 15 is 0 Å². The number of carbonyl (C=O) groups excluding carboxylic acids is 1. The Hall–Kier alpha value is -0.570. The first-order valence-electron chi connectivity index (χ1n) is 5.90. The molecule has 3 heteroatoms. The van der Waals surface area contributed by atoms with Gasteiger partial charge in [0.1, 0.15) is 5.60 Å². The highest BCUT2D eigenvalue weighted by Gasteiger charge is 2.28. The van der Waals surface area contributed by atoms with Crippen molar-refractivity contribution in [3.05, 3.63) is 0 Å². The first-order chi connectivity index (χ1) is 7.02. The third-order valence-electron chi connectivity index (χ3n) is 1.89. The van der Waals surface area contributed by atoms with E-state index in [4.69, 9.17) is 9.78 Å². The van der Waals surface area contributed by atoms with Gasteiger partial charge in [0.2, 0.25) is 0 Å². The summed E-state index contributed by atoms with van der Waals surface area (Å²) in [5.74, 6) is -0.00110. The molecule has 0 aromatic rings. The SMILES string of the molecule is CC(C)CC(=O)OOC(C)(C)CC(C)(C)C. The summed E-state index contributed by atoms with van der Waals surface area (Å²) >= 11 is 0. The molecule has 0 rings (SSSR count). The fraction of sp³-hybridized carbons (Fsp3) is 0.923. The van der Waals surface area contributed by atoms with Crippen molar-refractivity contribution in [2.45, 2.75) is 66.9 Å². The highest BCUT2D eigenvalue weighted by Crippen LogP contribution is 2.29. The molecule has 0 aliphatic heterocycles. The first kappa shape index (κ1) is 15.4. The highest BCUT2D eigenvalue weighted by atomic mass is 17.2. The molecule has 96 valence electrons. The minimum atomic E-state index is -0.440. The predicted octanol–water partition coefficient (Wildman–Crippen LogP) is 3.72. The van der Waals surface area contributed by atoms with Crippen LogP contribution in [0.3, 0.4) is 0 Å². The van der Waals surface area contributed by atoms with Gasteiger partial charge in [-0.05, 0) is 31.6 Å². The zero-order chi connectivity index (χ0) is 13.0. The Kier molecular flexibility index (Phi) is 5.47. The number of hydrogen-bond acceptors (Lipinski definition) is 3. The Morgan fingerprint density at radius 1 is 1.12 bits per heavy atom. The van der Waals surface area contributed by atoms with Gasteiger partial charge in [-0.2, -0.15) is 4.89 Å². The second-order valence-corrected chi connectivity index (χ2v) is 6.63. The van der Waals surface area contributed by atoms with Crippen LogP contribution in [0.25, 0.3) is 0 Å². The van der Waals surface area contributed by atoms with E-state index in [-0.39, 0.29) is 11.4 Å². The largest absolute Gasteiger partial charge is 0.342 e. The van der Waals surface area contributed by atoms with Crippen molar-refractivity contribution in [2.24, 2.45) is 11.3 Å². The lowest BCUT2D eigenvalue weighted by Gasteiger charge is -2.30. The van der Waals surface area contributed by atoms with Gasteiger partial charge in [-0.25, -0.2) is 4.79 Å². The molecule has 0 aromatic heterocycles. The molecule has 0 unspecified atom stereocenters. The van der Waals surface area contributed by atoms with Crippen molar-refractivity contribution < 1.29 is 14.6 Å². The van der Waals surface area contributed by atoms with Gasteiger partial charge in [0, 0.05) is 0 Å². The van der Waals surface area contributed by atoms with Gasteiger partial charge in [-0.15, -0.1) is 0 Å². The Labute approximate surface area is 99.4 Å². The van der Waals surface area contributed by atoms with Crippen LogP contribution in [-0.2, 0) is 14.6 Å². The second kappa shape index (κ2) is 5.67. The van der Waals surface area contributed by atoms with Crippen molar-refractivity contribution in [2.75, 3.05) is 0 Å². The van der Waals surface area contributed by atoms with Crippen molar-refractivity contribution in [3.8, 4) is 0 Å².